The number of Topliss-reactive ketones (excluding diaryl/α,β-unsaturated/α-hetero) is 1. The van der Waals surface area contributed by atoms with E-state index >= 15 is 0 Å². The summed E-state index contributed by atoms with van der Waals surface area (Å²) in [7, 11) is 0. The van der Waals surface area contributed by atoms with Crippen molar-refractivity contribution in [2.45, 2.75) is 6.92 Å². The lowest BCUT2D eigenvalue weighted by Crippen LogP contribution is -2.04. The summed E-state index contributed by atoms with van der Waals surface area (Å²) >= 11 is 5.75. The molecule has 0 fully saturated rings. The van der Waals surface area contributed by atoms with Crippen molar-refractivity contribution in [3.05, 3.63) is 79.9 Å². The van der Waals surface area contributed by atoms with E-state index in [0.717, 1.165) is 5.56 Å². The van der Waals surface area contributed by atoms with E-state index in [2.05, 4.69) is 0 Å². The monoisotopic (exact) mass is 326 g/mol. The predicted molar refractivity (Wildman–Crippen MR) is 87.2 cm³/mol. The third-order valence-electron chi connectivity index (χ3n) is 3.23. The van der Waals surface area contributed by atoms with E-state index in [1.807, 2.05) is 6.07 Å². The van der Waals surface area contributed by atoms with E-state index in [-0.39, 0.29) is 16.3 Å². The molecule has 0 bridgehead atoms. The molecule has 0 N–H and O–H groups in total. The van der Waals surface area contributed by atoms with E-state index in [1.165, 1.54) is 24.3 Å². The number of aryl methyl sites for hydroxylation is 1. The SMILES string of the molecule is Cc1ccccc1C(=O)/C(C#N)=C/c1ccc(Cl)c([N+](=O)[O-])c1. The van der Waals surface area contributed by atoms with Gasteiger partial charge in [0, 0.05) is 11.6 Å². The standard InChI is InChI=1S/C17H11ClN2O3/c1-11-4-2-3-5-14(11)17(21)13(10-19)8-12-6-7-15(18)16(9-12)20(22)23/h2-9H,1H3/b13-8+. The highest BCUT2D eigenvalue weighted by molar-refractivity contribution is 6.32. The van der Waals surface area contributed by atoms with Gasteiger partial charge in [-0.25, -0.2) is 0 Å². The maximum atomic E-state index is 12.4. The highest BCUT2D eigenvalue weighted by Crippen LogP contribution is 2.26. The van der Waals surface area contributed by atoms with Gasteiger partial charge in [-0.2, -0.15) is 5.26 Å². The van der Waals surface area contributed by atoms with Crippen molar-refractivity contribution in [2.24, 2.45) is 0 Å². The first-order chi connectivity index (χ1) is 10.9. The number of nitrogens with zero attached hydrogens (tertiary/aromatic N) is 2. The number of hydrogen-bond acceptors (Lipinski definition) is 4. The smallest absolute Gasteiger partial charge is 0.288 e. The number of rotatable bonds is 4. The summed E-state index contributed by atoms with van der Waals surface area (Å²) in [5.41, 5.74) is 1.15. The number of nitro benzene ring substituents is 1. The summed E-state index contributed by atoms with van der Waals surface area (Å²) < 4.78 is 0. The number of carbonyl (C=O) groups excluding carboxylic acids is 1. The van der Waals surface area contributed by atoms with Crippen molar-refractivity contribution in [3.8, 4) is 6.07 Å². The van der Waals surface area contributed by atoms with E-state index in [1.54, 1.807) is 31.2 Å². The van der Waals surface area contributed by atoms with Crippen molar-refractivity contribution < 1.29 is 9.72 Å². The van der Waals surface area contributed by atoms with Gasteiger partial charge in [0.05, 0.1) is 4.92 Å². The third-order valence-corrected chi connectivity index (χ3v) is 3.55. The Bertz CT molecular complexity index is 866. The Morgan fingerprint density at radius 1 is 1.30 bits per heavy atom. The second-order valence-corrected chi connectivity index (χ2v) is 5.19. The van der Waals surface area contributed by atoms with Crippen LogP contribution in [-0.4, -0.2) is 10.7 Å². The fourth-order valence-corrected chi connectivity index (χ4v) is 2.23. The zero-order valence-electron chi connectivity index (χ0n) is 12.1. The molecule has 0 atom stereocenters. The quantitative estimate of drug-likeness (QED) is 0.275. The Morgan fingerprint density at radius 2 is 2.00 bits per heavy atom. The molecule has 2 aromatic carbocycles. The van der Waals surface area contributed by atoms with Crippen molar-refractivity contribution in [1.82, 2.24) is 0 Å². The number of ketones is 1. The van der Waals surface area contributed by atoms with Crippen LogP contribution in [0.3, 0.4) is 0 Å². The highest BCUT2D eigenvalue weighted by atomic mass is 35.5. The van der Waals surface area contributed by atoms with Crippen LogP contribution in [0.2, 0.25) is 5.02 Å². The Balaban J connectivity index is 2.46. The number of hydrogen-bond donors (Lipinski definition) is 0. The van der Waals surface area contributed by atoms with Gasteiger partial charge in [-0.15, -0.1) is 0 Å². The number of nitro groups is 1. The van der Waals surface area contributed by atoms with E-state index < -0.39 is 10.7 Å². The normalized spacial score (nSPS) is 10.9. The molecule has 0 saturated carbocycles. The first-order valence-electron chi connectivity index (χ1n) is 6.60. The van der Waals surface area contributed by atoms with Crippen molar-refractivity contribution in [3.63, 3.8) is 0 Å². The Labute approximate surface area is 137 Å². The maximum Gasteiger partial charge on any atom is 0.288 e. The van der Waals surface area contributed by atoms with E-state index in [0.29, 0.717) is 11.1 Å². The van der Waals surface area contributed by atoms with Crippen molar-refractivity contribution in [2.75, 3.05) is 0 Å². The Hall–Kier alpha value is -2.97. The lowest BCUT2D eigenvalue weighted by Gasteiger charge is -2.04. The molecule has 5 nitrogen and oxygen atoms in total. The van der Waals surface area contributed by atoms with E-state index in [4.69, 9.17) is 11.6 Å². The average Bonchev–Trinajstić information content (AvgIpc) is 2.53. The van der Waals surface area contributed by atoms with Gasteiger partial charge in [0.15, 0.2) is 0 Å². The van der Waals surface area contributed by atoms with Crippen LogP contribution in [0.15, 0.2) is 48.0 Å². The number of nitriles is 1. The fraction of sp³-hybridized carbons (Fsp3) is 0.0588. The molecular formula is C17H11ClN2O3. The van der Waals surface area contributed by atoms with Crippen molar-refractivity contribution >= 4 is 29.1 Å². The van der Waals surface area contributed by atoms with Gasteiger partial charge < -0.3 is 0 Å². The molecule has 0 spiro atoms. The Morgan fingerprint density at radius 3 is 2.61 bits per heavy atom. The van der Waals surface area contributed by atoms with E-state index in [9.17, 15) is 20.2 Å². The first-order valence-corrected chi connectivity index (χ1v) is 6.98. The fourth-order valence-electron chi connectivity index (χ4n) is 2.05. The molecule has 0 radical (unpaired) electrons. The molecule has 0 aliphatic heterocycles. The topological polar surface area (TPSA) is 84.0 Å². The van der Waals surface area contributed by atoms with Crippen LogP contribution >= 0.6 is 11.6 Å². The predicted octanol–water partition coefficient (Wildman–Crippen LogP) is 4.35. The zero-order valence-corrected chi connectivity index (χ0v) is 12.9. The minimum atomic E-state index is -0.616. The van der Waals surface area contributed by atoms with Gasteiger partial charge in [0.1, 0.15) is 16.7 Å². The molecule has 2 aromatic rings. The molecule has 6 heteroatoms. The molecule has 0 unspecified atom stereocenters. The van der Waals surface area contributed by atoms with Gasteiger partial charge in [-0.1, -0.05) is 41.9 Å². The minimum Gasteiger partial charge on any atom is -0.288 e. The van der Waals surface area contributed by atoms with Crippen LogP contribution in [0.4, 0.5) is 5.69 Å². The number of benzene rings is 2. The van der Waals surface area contributed by atoms with Crippen LogP contribution in [0.5, 0.6) is 0 Å². The van der Waals surface area contributed by atoms with Crippen LogP contribution in [0.25, 0.3) is 6.08 Å². The number of halogens is 1. The third kappa shape index (κ3) is 3.62. The van der Waals surface area contributed by atoms with Gasteiger partial charge in [-0.05, 0) is 30.2 Å². The number of allylic oxidation sites excluding steroid dienone is 1. The largest absolute Gasteiger partial charge is 0.288 e. The summed E-state index contributed by atoms with van der Waals surface area (Å²) in [5, 5.41) is 20.1. The second kappa shape index (κ2) is 6.86. The molecule has 114 valence electrons. The molecule has 0 aromatic heterocycles. The number of carbonyl (C=O) groups is 1. The van der Waals surface area contributed by atoms with Crippen LogP contribution in [0.1, 0.15) is 21.5 Å². The molecular weight excluding hydrogens is 316 g/mol. The lowest BCUT2D eigenvalue weighted by molar-refractivity contribution is -0.384. The summed E-state index contributed by atoms with van der Waals surface area (Å²) in [6, 6.07) is 12.9. The van der Waals surface area contributed by atoms with Crippen LogP contribution < -0.4 is 0 Å². The Kier molecular flexibility index (Phi) is 4.89. The highest BCUT2D eigenvalue weighted by Gasteiger charge is 2.16. The molecule has 0 aliphatic carbocycles. The summed E-state index contributed by atoms with van der Waals surface area (Å²) in [5.74, 6) is -0.428. The van der Waals surface area contributed by atoms with Gasteiger partial charge in [-0.3, -0.25) is 14.9 Å². The minimum absolute atomic E-state index is 0.00381. The molecule has 23 heavy (non-hydrogen) atoms. The first kappa shape index (κ1) is 16.4. The van der Waals surface area contributed by atoms with Gasteiger partial charge >= 0.3 is 0 Å². The second-order valence-electron chi connectivity index (χ2n) is 4.78. The molecule has 2 rings (SSSR count). The molecule has 0 heterocycles. The van der Waals surface area contributed by atoms with Crippen molar-refractivity contribution in [1.29, 1.82) is 5.26 Å². The molecule has 0 amide bonds. The average molecular weight is 327 g/mol. The van der Waals surface area contributed by atoms with Crippen LogP contribution in [-0.2, 0) is 0 Å². The lowest BCUT2D eigenvalue weighted by atomic mass is 9.98. The van der Waals surface area contributed by atoms with Gasteiger partial charge in [0.2, 0.25) is 5.78 Å². The van der Waals surface area contributed by atoms with Crippen LogP contribution in [0, 0.1) is 28.4 Å². The summed E-state index contributed by atoms with van der Waals surface area (Å²) in [6.07, 6.45) is 1.32. The summed E-state index contributed by atoms with van der Waals surface area (Å²) in [6.45, 7) is 1.77. The molecule has 0 saturated heterocycles. The maximum absolute atomic E-state index is 12.4. The van der Waals surface area contributed by atoms with Gasteiger partial charge in [0.25, 0.3) is 5.69 Å². The zero-order chi connectivity index (χ0) is 17.0. The molecule has 0 aliphatic rings. The summed E-state index contributed by atoms with van der Waals surface area (Å²) in [4.78, 5) is 22.7.